The van der Waals surface area contributed by atoms with Crippen LogP contribution in [0.15, 0.2) is 18.2 Å². The van der Waals surface area contributed by atoms with Crippen molar-refractivity contribution in [3.05, 3.63) is 29.3 Å². The van der Waals surface area contributed by atoms with E-state index in [0.29, 0.717) is 6.10 Å². The van der Waals surface area contributed by atoms with Crippen molar-refractivity contribution in [3.63, 3.8) is 0 Å². The molecule has 3 rings (SSSR count). The second-order valence-corrected chi connectivity index (χ2v) is 6.14. The lowest BCUT2D eigenvalue weighted by atomic mass is 9.97. The molecule has 0 spiro atoms. The minimum atomic E-state index is 0.0974. The van der Waals surface area contributed by atoms with Crippen LogP contribution in [0.2, 0.25) is 0 Å². The van der Waals surface area contributed by atoms with Gasteiger partial charge in [-0.25, -0.2) is 0 Å². The summed E-state index contributed by atoms with van der Waals surface area (Å²) in [4.78, 5) is 0. The van der Waals surface area contributed by atoms with Gasteiger partial charge in [-0.3, -0.25) is 0 Å². The third-order valence-corrected chi connectivity index (χ3v) is 4.68. The Labute approximate surface area is 110 Å². The third kappa shape index (κ3) is 2.14. The summed E-state index contributed by atoms with van der Waals surface area (Å²) in [7, 11) is 0. The van der Waals surface area contributed by atoms with Gasteiger partial charge in [0.2, 0.25) is 0 Å². The van der Waals surface area contributed by atoms with Gasteiger partial charge in [-0.15, -0.1) is 0 Å². The number of aryl methyl sites for hydroxylation is 1. The van der Waals surface area contributed by atoms with Gasteiger partial charge in [0.15, 0.2) is 0 Å². The summed E-state index contributed by atoms with van der Waals surface area (Å²) >= 11 is 0. The quantitative estimate of drug-likeness (QED) is 0.883. The summed E-state index contributed by atoms with van der Waals surface area (Å²) in [5.74, 6) is 2.79. The van der Waals surface area contributed by atoms with Crippen molar-refractivity contribution in [3.8, 4) is 5.75 Å². The number of fused-ring (bicyclic) bond motifs is 2. The lowest BCUT2D eigenvalue weighted by molar-refractivity contribution is 0.137. The summed E-state index contributed by atoms with van der Waals surface area (Å²) in [6.45, 7) is 4.14. The first-order valence-electron chi connectivity index (χ1n) is 7.16. The second kappa shape index (κ2) is 4.58. The predicted molar refractivity (Wildman–Crippen MR) is 73.6 cm³/mol. The summed E-state index contributed by atoms with van der Waals surface area (Å²) in [5.41, 5.74) is 8.31. The van der Waals surface area contributed by atoms with Crippen LogP contribution in [-0.2, 0) is 0 Å². The fourth-order valence-corrected chi connectivity index (χ4v) is 3.58. The molecular formula is C16H23NO. The molecule has 1 aromatic rings. The Hall–Kier alpha value is -1.02. The lowest BCUT2D eigenvalue weighted by Gasteiger charge is -2.24. The molecule has 0 saturated heterocycles. The molecule has 2 bridgehead atoms. The molecule has 0 aliphatic heterocycles. The molecule has 0 radical (unpaired) electrons. The predicted octanol–water partition coefficient (Wildman–Crippen LogP) is 3.58. The van der Waals surface area contributed by atoms with Crippen LogP contribution in [0.3, 0.4) is 0 Å². The number of hydrogen-bond donors (Lipinski definition) is 1. The van der Waals surface area contributed by atoms with E-state index in [1.165, 1.54) is 36.8 Å². The highest BCUT2D eigenvalue weighted by Crippen LogP contribution is 2.46. The molecule has 2 fully saturated rings. The van der Waals surface area contributed by atoms with E-state index >= 15 is 0 Å². The monoisotopic (exact) mass is 245 g/mol. The highest BCUT2D eigenvalue weighted by atomic mass is 16.5. The van der Waals surface area contributed by atoms with Gasteiger partial charge < -0.3 is 10.5 Å². The maximum absolute atomic E-state index is 6.23. The first-order valence-corrected chi connectivity index (χ1v) is 7.16. The van der Waals surface area contributed by atoms with Crippen LogP contribution in [0.1, 0.15) is 49.8 Å². The van der Waals surface area contributed by atoms with Gasteiger partial charge in [-0.2, -0.15) is 0 Å². The summed E-state index contributed by atoms with van der Waals surface area (Å²) in [6, 6.07) is 6.45. The van der Waals surface area contributed by atoms with Gasteiger partial charge in [0.05, 0.1) is 0 Å². The highest BCUT2D eigenvalue weighted by molar-refractivity contribution is 5.37. The van der Waals surface area contributed by atoms with E-state index in [0.717, 1.165) is 17.6 Å². The van der Waals surface area contributed by atoms with Gasteiger partial charge in [-0.05, 0) is 68.6 Å². The van der Waals surface area contributed by atoms with Crippen molar-refractivity contribution in [2.24, 2.45) is 17.6 Å². The lowest BCUT2D eigenvalue weighted by Crippen LogP contribution is -2.23. The molecule has 4 atom stereocenters. The minimum Gasteiger partial charge on any atom is -0.490 e. The zero-order valence-corrected chi connectivity index (χ0v) is 11.4. The van der Waals surface area contributed by atoms with Crippen LogP contribution in [0, 0.1) is 18.8 Å². The van der Waals surface area contributed by atoms with E-state index in [2.05, 4.69) is 25.1 Å². The Balaban J connectivity index is 1.73. The smallest absolute Gasteiger partial charge is 0.122 e. The van der Waals surface area contributed by atoms with E-state index in [1.54, 1.807) is 0 Å². The normalized spacial score (nSPS) is 31.6. The van der Waals surface area contributed by atoms with Gasteiger partial charge in [0.25, 0.3) is 0 Å². The number of ether oxygens (including phenoxy) is 1. The Kier molecular flexibility index (Phi) is 3.06. The second-order valence-electron chi connectivity index (χ2n) is 6.14. The van der Waals surface area contributed by atoms with E-state index in [9.17, 15) is 0 Å². The zero-order chi connectivity index (χ0) is 12.7. The molecule has 2 N–H and O–H groups in total. The molecule has 0 aromatic heterocycles. The molecule has 1 aromatic carbocycles. The maximum Gasteiger partial charge on any atom is 0.122 e. The molecule has 2 nitrogen and oxygen atoms in total. The largest absolute Gasteiger partial charge is 0.490 e. The molecule has 18 heavy (non-hydrogen) atoms. The Bertz CT molecular complexity index is 441. The summed E-state index contributed by atoms with van der Waals surface area (Å²) in [5, 5.41) is 0. The van der Waals surface area contributed by atoms with Crippen molar-refractivity contribution in [2.45, 2.75) is 51.7 Å². The van der Waals surface area contributed by atoms with Crippen LogP contribution in [-0.4, -0.2) is 6.10 Å². The first kappa shape index (κ1) is 12.0. The first-order chi connectivity index (χ1) is 8.63. The number of rotatable bonds is 3. The average Bonchev–Trinajstić information content (AvgIpc) is 2.93. The highest BCUT2D eigenvalue weighted by Gasteiger charge is 2.41. The average molecular weight is 245 g/mol. The van der Waals surface area contributed by atoms with Gasteiger partial charge in [0, 0.05) is 6.04 Å². The minimum absolute atomic E-state index is 0.0974. The van der Waals surface area contributed by atoms with Gasteiger partial charge >= 0.3 is 0 Å². The van der Waals surface area contributed by atoms with Crippen molar-refractivity contribution in [1.82, 2.24) is 0 Å². The summed E-state index contributed by atoms with van der Waals surface area (Å²) < 4.78 is 6.23. The fraction of sp³-hybridized carbons (Fsp3) is 0.625. The molecule has 2 saturated carbocycles. The van der Waals surface area contributed by atoms with Crippen molar-refractivity contribution in [1.29, 1.82) is 0 Å². The van der Waals surface area contributed by atoms with Crippen LogP contribution in [0.4, 0.5) is 0 Å². The Morgan fingerprint density at radius 2 is 2.11 bits per heavy atom. The van der Waals surface area contributed by atoms with Gasteiger partial charge in [0.1, 0.15) is 11.9 Å². The van der Waals surface area contributed by atoms with Crippen LogP contribution < -0.4 is 10.5 Å². The van der Waals surface area contributed by atoms with Crippen LogP contribution in [0.25, 0.3) is 0 Å². The van der Waals surface area contributed by atoms with E-state index in [4.69, 9.17) is 10.5 Å². The number of nitrogens with two attached hydrogens (primary N) is 1. The fourth-order valence-electron chi connectivity index (χ4n) is 3.58. The summed E-state index contributed by atoms with van der Waals surface area (Å²) in [6.07, 6.45) is 5.91. The maximum atomic E-state index is 6.23. The number of hydrogen-bond acceptors (Lipinski definition) is 2. The third-order valence-electron chi connectivity index (χ3n) is 4.68. The van der Waals surface area contributed by atoms with Crippen molar-refractivity contribution >= 4 is 0 Å². The molecule has 2 aliphatic rings. The molecule has 0 amide bonds. The topological polar surface area (TPSA) is 35.2 Å². The standard InChI is InChI=1S/C16H23NO/c1-10-7-13(11(2)17)5-6-15(10)18-16-9-12-3-4-14(16)8-12/h5-7,11-12,14,16H,3-4,8-9,17H2,1-2H3/t11-,12?,14?,16?/m1/s1. The Morgan fingerprint density at radius 1 is 1.28 bits per heavy atom. The molecule has 98 valence electrons. The van der Waals surface area contributed by atoms with Crippen molar-refractivity contribution in [2.75, 3.05) is 0 Å². The number of benzene rings is 1. The molecular weight excluding hydrogens is 222 g/mol. The van der Waals surface area contributed by atoms with Crippen molar-refractivity contribution < 1.29 is 4.74 Å². The SMILES string of the molecule is Cc1cc([C@@H](C)N)ccc1OC1CC2CCC1C2. The zero-order valence-electron chi connectivity index (χ0n) is 11.4. The molecule has 2 aliphatic carbocycles. The van der Waals surface area contributed by atoms with Crippen LogP contribution >= 0.6 is 0 Å². The Morgan fingerprint density at radius 3 is 2.67 bits per heavy atom. The molecule has 0 heterocycles. The van der Waals surface area contributed by atoms with Crippen LogP contribution in [0.5, 0.6) is 5.75 Å². The van der Waals surface area contributed by atoms with E-state index in [-0.39, 0.29) is 6.04 Å². The molecule has 2 heteroatoms. The van der Waals surface area contributed by atoms with Gasteiger partial charge in [-0.1, -0.05) is 12.1 Å². The molecule has 3 unspecified atom stereocenters. The van der Waals surface area contributed by atoms with E-state index in [1.807, 2.05) is 6.92 Å². The van der Waals surface area contributed by atoms with E-state index < -0.39 is 0 Å².